The summed E-state index contributed by atoms with van der Waals surface area (Å²) in [6, 6.07) is 3.26. The number of rotatable bonds is 5. The molecule has 1 aromatic rings. The van der Waals surface area contributed by atoms with Crippen molar-refractivity contribution < 1.29 is 9.90 Å². The number of amides is 1. The molecule has 1 aromatic heterocycles. The number of hydrogen-bond acceptors (Lipinski definition) is 4. The molecule has 1 heterocycles. The molecule has 0 saturated carbocycles. The van der Waals surface area contributed by atoms with E-state index in [9.17, 15) is 4.79 Å². The number of aromatic nitrogens is 1. The van der Waals surface area contributed by atoms with Gasteiger partial charge in [-0.15, -0.1) is 0 Å². The average Bonchev–Trinajstić information content (AvgIpc) is 2.19. The fourth-order valence-electron chi connectivity index (χ4n) is 1.03. The van der Waals surface area contributed by atoms with Crippen LogP contribution in [0.1, 0.15) is 16.8 Å². The zero-order valence-electron chi connectivity index (χ0n) is 7.73. The second-order valence-corrected chi connectivity index (χ2v) is 2.77. The minimum Gasteiger partial charge on any atom is -0.396 e. The monoisotopic (exact) mass is 195 g/mol. The third-order valence-corrected chi connectivity index (χ3v) is 1.70. The van der Waals surface area contributed by atoms with Gasteiger partial charge in [0.1, 0.15) is 5.82 Å². The molecule has 0 fully saturated rings. The molecule has 0 saturated heterocycles. The first kappa shape index (κ1) is 10.5. The van der Waals surface area contributed by atoms with E-state index < -0.39 is 5.91 Å². The van der Waals surface area contributed by atoms with Crippen molar-refractivity contribution in [2.75, 3.05) is 18.5 Å². The van der Waals surface area contributed by atoms with Crippen LogP contribution in [0.25, 0.3) is 0 Å². The van der Waals surface area contributed by atoms with Crippen LogP contribution in [0.15, 0.2) is 18.3 Å². The average molecular weight is 195 g/mol. The van der Waals surface area contributed by atoms with Crippen LogP contribution in [-0.4, -0.2) is 29.1 Å². The zero-order valence-corrected chi connectivity index (χ0v) is 7.73. The standard InChI is InChI=1S/C9H13N3O2/c10-8(14)7-3-1-4-11-9(7)12-5-2-6-13/h1,3-4,13H,2,5-6H2,(H2,10,14)(H,11,12). The molecule has 1 amide bonds. The number of aliphatic hydroxyl groups excluding tert-OH is 1. The Bertz CT molecular complexity index is 315. The lowest BCUT2D eigenvalue weighted by Crippen LogP contribution is -2.16. The van der Waals surface area contributed by atoms with Gasteiger partial charge in [-0.3, -0.25) is 4.79 Å². The van der Waals surface area contributed by atoms with Gasteiger partial charge in [0.05, 0.1) is 5.56 Å². The summed E-state index contributed by atoms with van der Waals surface area (Å²) in [5, 5.41) is 11.5. The number of primary amides is 1. The molecule has 4 N–H and O–H groups in total. The highest BCUT2D eigenvalue weighted by atomic mass is 16.3. The Kier molecular flexibility index (Phi) is 3.87. The molecule has 5 nitrogen and oxygen atoms in total. The first-order valence-electron chi connectivity index (χ1n) is 4.35. The summed E-state index contributed by atoms with van der Waals surface area (Å²) >= 11 is 0. The second-order valence-electron chi connectivity index (χ2n) is 2.77. The molecule has 0 bridgehead atoms. The molecule has 0 unspecified atom stereocenters. The molecule has 1 rings (SSSR count). The first-order valence-corrected chi connectivity index (χ1v) is 4.35. The summed E-state index contributed by atoms with van der Waals surface area (Å²) in [6.45, 7) is 0.666. The van der Waals surface area contributed by atoms with Crippen molar-refractivity contribution in [1.82, 2.24) is 4.98 Å². The van der Waals surface area contributed by atoms with Crippen LogP contribution in [0.5, 0.6) is 0 Å². The van der Waals surface area contributed by atoms with Crippen LogP contribution < -0.4 is 11.1 Å². The van der Waals surface area contributed by atoms with Gasteiger partial charge in [-0.25, -0.2) is 4.98 Å². The van der Waals surface area contributed by atoms with Gasteiger partial charge in [-0.1, -0.05) is 0 Å². The van der Waals surface area contributed by atoms with Gasteiger partial charge in [0.15, 0.2) is 0 Å². The summed E-state index contributed by atoms with van der Waals surface area (Å²) < 4.78 is 0. The number of aliphatic hydroxyl groups is 1. The molecule has 0 aromatic carbocycles. The number of anilines is 1. The summed E-state index contributed by atoms with van der Waals surface area (Å²) in [6.07, 6.45) is 2.18. The number of hydrogen-bond donors (Lipinski definition) is 3. The van der Waals surface area contributed by atoms with Crippen LogP contribution in [0.3, 0.4) is 0 Å². The Morgan fingerprint density at radius 2 is 2.43 bits per heavy atom. The van der Waals surface area contributed by atoms with E-state index in [2.05, 4.69) is 10.3 Å². The molecule has 0 spiro atoms. The van der Waals surface area contributed by atoms with E-state index in [-0.39, 0.29) is 6.61 Å². The summed E-state index contributed by atoms with van der Waals surface area (Å²) in [5.41, 5.74) is 5.52. The van der Waals surface area contributed by atoms with Crippen molar-refractivity contribution >= 4 is 11.7 Å². The van der Waals surface area contributed by atoms with Crippen molar-refractivity contribution in [1.29, 1.82) is 0 Å². The summed E-state index contributed by atoms with van der Waals surface area (Å²) in [7, 11) is 0. The smallest absolute Gasteiger partial charge is 0.252 e. The van der Waals surface area contributed by atoms with Gasteiger partial charge < -0.3 is 16.2 Å². The van der Waals surface area contributed by atoms with E-state index in [1.54, 1.807) is 18.3 Å². The van der Waals surface area contributed by atoms with E-state index >= 15 is 0 Å². The normalized spacial score (nSPS) is 9.79. The Morgan fingerprint density at radius 3 is 3.07 bits per heavy atom. The lowest BCUT2D eigenvalue weighted by Gasteiger charge is -2.07. The van der Waals surface area contributed by atoms with Gasteiger partial charge in [-0.05, 0) is 18.6 Å². The number of carbonyl (C=O) groups is 1. The van der Waals surface area contributed by atoms with Gasteiger partial charge >= 0.3 is 0 Å². The van der Waals surface area contributed by atoms with Crippen molar-refractivity contribution in [2.24, 2.45) is 5.73 Å². The van der Waals surface area contributed by atoms with Crippen molar-refractivity contribution in [3.8, 4) is 0 Å². The highest BCUT2D eigenvalue weighted by Crippen LogP contribution is 2.09. The number of pyridine rings is 1. The predicted octanol–water partition coefficient (Wildman–Crippen LogP) is -0.0252. The maximum absolute atomic E-state index is 10.9. The van der Waals surface area contributed by atoms with Crippen LogP contribution >= 0.6 is 0 Å². The number of nitrogens with one attached hydrogen (secondary N) is 1. The molecule has 0 aliphatic rings. The van der Waals surface area contributed by atoms with Gasteiger partial charge in [0, 0.05) is 19.3 Å². The lowest BCUT2D eigenvalue weighted by atomic mass is 10.2. The van der Waals surface area contributed by atoms with E-state index in [1.807, 2.05) is 0 Å². The maximum Gasteiger partial charge on any atom is 0.252 e. The number of carbonyl (C=O) groups excluding carboxylic acids is 1. The van der Waals surface area contributed by atoms with Crippen LogP contribution in [0.4, 0.5) is 5.82 Å². The molecule has 14 heavy (non-hydrogen) atoms. The first-order chi connectivity index (χ1) is 6.75. The third kappa shape index (κ3) is 2.70. The molecule has 76 valence electrons. The zero-order chi connectivity index (χ0) is 10.4. The summed E-state index contributed by atoms with van der Waals surface area (Å²) in [5.74, 6) is -0.0435. The van der Waals surface area contributed by atoms with Gasteiger partial charge in [-0.2, -0.15) is 0 Å². The lowest BCUT2D eigenvalue weighted by molar-refractivity contribution is 0.100. The predicted molar refractivity (Wildman–Crippen MR) is 52.9 cm³/mol. The van der Waals surface area contributed by atoms with Gasteiger partial charge in [0.2, 0.25) is 0 Å². The van der Waals surface area contributed by atoms with Crippen LogP contribution in [-0.2, 0) is 0 Å². The Balaban J connectivity index is 2.69. The molecular formula is C9H13N3O2. The van der Waals surface area contributed by atoms with Gasteiger partial charge in [0.25, 0.3) is 5.91 Å². The minimum absolute atomic E-state index is 0.103. The number of nitrogens with zero attached hydrogens (tertiary/aromatic N) is 1. The molecule has 0 atom stereocenters. The third-order valence-electron chi connectivity index (χ3n) is 1.70. The highest BCUT2D eigenvalue weighted by molar-refractivity contribution is 5.97. The fraction of sp³-hybridized carbons (Fsp3) is 0.333. The molecule has 0 radical (unpaired) electrons. The van der Waals surface area contributed by atoms with Crippen molar-refractivity contribution in [3.05, 3.63) is 23.9 Å². The van der Waals surface area contributed by atoms with E-state index in [4.69, 9.17) is 10.8 Å². The van der Waals surface area contributed by atoms with Crippen molar-refractivity contribution in [2.45, 2.75) is 6.42 Å². The minimum atomic E-state index is -0.510. The Morgan fingerprint density at radius 1 is 1.64 bits per heavy atom. The molecule has 0 aliphatic heterocycles. The van der Waals surface area contributed by atoms with Crippen LogP contribution in [0.2, 0.25) is 0 Å². The van der Waals surface area contributed by atoms with Crippen LogP contribution in [0, 0.1) is 0 Å². The molecule has 0 aliphatic carbocycles. The van der Waals surface area contributed by atoms with E-state index in [0.29, 0.717) is 24.3 Å². The topological polar surface area (TPSA) is 88.2 Å². The Labute approximate surface area is 82.0 Å². The maximum atomic E-state index is 10.9. The summed E-state index contributed by atoms with van der Waals surface area (Å²) in [4.78, 5) is 14.9. The SMILES string of the molecule is NC(=O)c1cccnc1NCCCO. The van der Waals surface area contributed by atoms with E-state index in [0.717, 1.165) is 0 Å². The highest BCUT2D eigenvalue weighted by Gasteiger charge is 2.06. The second kappa shape index (κ2) is 5.18. The largest absolute Gasteiger partial charge is 0.396 e. The molecule has 5 heteroatoms. The number of nitrogens with two attached hydrogens (primary N) is 1. The van der Waals surface area contributed by atoms with Crippen molar-refractivity contribution in [3.63, 3.8) is 0 Å². The van der Waals surface area contributed by atoms with E-state index in [1.165, 1.54) is 0 Å². The molecular weight excluding hydrogens is 182 g/mol. The quantitative estimate of drug-likeness (QED) is 0.576. The Hall–Kier alpha value is -1.62. The fourth-order valence-corrected chi connectivity index (χ4v) is 1.03.